The smallest absolute Gasteiger partial charge is 0.00578 e. The van der Waals surface area contributed by atoms with E-state index in [4.69, 9.17) is 0 Å². The number of hydrogen-bond acceptors (Lipinski definition) is 0. The Labute approximate surface area is 79.5 Å². The van der Waals surface area contributed by atoms with E-state index in [-0.39, 0.29) is 0 Å². The average Bonchev–Trinajstić information content (AvgIpc) is 2.21. The summed E-state index contributed by atoms with van der Waals surface area (Å²) in [5.41, 5.74) is 1.69. The standard InChI is InChI=1S/C10H8F2N2/c11-13-5-1-9(2-6-13)10-3-7-14(12)8-4-10/h1-8H/q+2. The van der Waals surface area contributed by atoms with Crippen LogP contribution in [0.1, 0.15) is 0 Å². The van der Waals surface area contributed by atoms with Gasteiger partial charge in [0.2, 0.25) is 24.8 Å². The van der Waals surface area contributed by atoms with E-state index in [1.165, 1.54) is 24.8 Å². The molecule has 2 nitrogen and oxygen atoms in total. The Morgan fingerprint density at radius 2 is 0.929 bits per heavy atom. The van der Waals surface area contributed by atoms with E-state index >= 15 is 0 Å². The van der Waals surface area contributed by atoms with E-state index in [2.05, 4.69) is 0 Å². The monoisotopic (exact) mass is 194 g/mol. The Balaban J connectivity index is 2.40. The van der Waals surface area contributed by atoms with Crippen molar-refractivity contribution in [3.05, 3.63) is 49.1 Å². The van der Waals surface area contributed by atoms with Crippen molar-refractivity contribution in [2.75, 3.05) is 0 Å². The molecule has 2 aromatic heterocycles. The maximum Gasteiger partial charge on any atom is 0.219 e. The van der Waals surface area contributed by atoms with E-state index in [1.807, 2.05) is 0 Å². The van der Waals surface area contributed by atoms with Gasteiger partial charge in [-0.15, -0.1) is 0 Å². The zero-order valence-corrected chi connectivity index (χ0v) is 7.27. The van der Waals surface area contributed by atoms with Crippen LogP contribution in [0.3, 0.4) is 0 Å². The number of aromatic nitrogens is 2. The molecule has 0 radical (unpaired) electrons. The predicted octanol–water partition coefficient (Wildman–Crippen LogP) is 1.39. The Kier molecular flexibility index (Phi) is 2.18. The normalized spacial score (nSPS) is 10.1. The quantitative estimate of drug-likeness (QED) is 0.648. The predicted molar refractivity (Wildman–Crippen MR) is 45.3 cm³/mol. The molecular weight excluding hydrogens is 186 g/mol. The van der Waals surface area contributed by atoms with Gasteiger partial charge in [0.1, 0.15) is 0 Å². The van der Waals surface area contributed by atoms with Crippen LogP contribution in [0, 0.1) is 0 Å². The number of halogens is 2. The van der Waals surface area contributed by atoms with Gasteiger partial charge in [-0.2, -0.15) is 0 Å². The van der Waals surface area contributed by atoms with E-state index in [0.717, 1.165) is 11.1 Å². The van der Waals surface area contributed by atoms with E-state index in [9.17, 15) is 8.96 Å². The van der Waals surface area contributed by atoms with Crippen molar-refractivity contribution in [2.24, 2.45) is 0 Å². The maximum absolute atomic E-state index is 12.5. The van der Waals surface area contributed by atoms with Gasteiger partial charge in [-0.3, -0.25) is 0 Å². The highest BCUT2D eigenvalue weighted by Gasteiger charge is 2.04. The number of hydrogen-bond donors (Lipinski definition) is 0. The summed E-state index contributed by atoms with van der Waals surface area (Å²) in [6.45, 7) is 0. The number of pyridine rings is 2. The Bertz CT molecular complexity index is 379. The van der Waals surface area contributed by atoms with Crippen molar-refractivity contribution in [1.82, 2.24) is 0 Å². The highest BCUT2D eigenvalue weighted by molar-refractivity contribution is 5.60. The van der Waals surface area contributed by atoms with Crippen molar-refractivity contribution in [1.29, 1.82) is 0 Å². The molecule has 2 aromatic rings. The second-order valence-corrected chi connectivity index (χ2v) is 2.86. The molecular formula is C10H8F2N2+2. The fraction of sp³-hybridized carbons (Fsp3) is 0. The number of rotatable bonds is 1. The van der Waals surface area contributed by atoms with Crippen molar-refractivity contribution in [3.63, 3.8) is 0 Å². The molecule has 0 aromatic carbocycles. The first-order chi connectivity index (χ1) is 6.75. The molecule has 0 atom stereocenters. The van der Waals surface area contributed by atoms with E-state index in [0.29, 0.717) is 9.58 Å². The molecule has 0 fully saturated rings. The van der Waals surface area contributed by atoms with Crippen LogP contribution in [0.5, 0.6) is 0 Å². The Morgan fingerprint density at radius 3 is 1.21 bits per heavy atom. The lowest BCUT2D eigenvalue weighted by atomic mass is 10.1. The van der Waals surface area contributed by atoms with Gasteiger partial charge < -0.3 is 0 Å². The summed E-state index contributed by atoms with van der Waals surface area (Å²) in [4.78, 5) is 0.920. The summed E-state index contributed by atoms with van der Waals surface area (Å²) in [6.07, 6.45) is 5.19. The molecule has 4 heteroatoms. The van der Waals surface area contributed by atoms with Crippen LogP contribution in [-0.2, 0) is 0 Å². The lowest BCUT2D eigenvalue weighted by Crippen LogP contribution is -2.20. The van der Waals surface area contributed by atoms with Crippen LogP contribution < -0.4 is 9.58 Å². The van der Waals surface area contributed by atoms with E-state index in [1.54, 1.807) is 24.3 Å². The van der Waals surface area contributed by atoms with Crippen LogP contribution in [0.4, 0.5) is 8.96 Å². The van der Waals surface area contributed by atoms with Gasteiger partial charge in [-0.05, 0) is 11.1 Å². The van der Waals surface area contributed by atoms with Gasteiger partial charge in [-0.25, -0.2) is 0 Å². The summed E-state index contributed by atoms with van der Waals surface area (Å²) in [6, 6.07) is 6.49. The minimum absolute atomic E-state index is 0.460. The molecule has 0 spiro atoms. The molecule has 0 N–H and O–H groups in total. The first kappa shape index (κ1) is 8.74. The molecule has 14 heavy (non-hydrogen) atoms. The van der Waals surface area contributed by atoms with Crippen LogP contribution >= 0.6 is 0 Å². The molecule has 2 heterocycles. The lowest BCUT2D eigenvalue weighted by Gasteiger charge is -1.94. The second-order valence-electron chi connectivity index (χ2n) is 2.86. The maximum atomic E-state index is 12.5. The van der Waals surface area contributed by atoms with E-state index < -0.39 is 0 Å². The zero-order valence-electron chi connectivity index (χ0n) is 7.27. The second kappa shape index (κ2) is 3.49. The first-order valence-corrected chi connectivity index (χ1v) is 4.11. The molecule has 0 saturated heterocycles. The fourth-order valence-corrected chi connectivity index (χ4v) is 1.20. The van der Waals surface area contributed by atoms with Crippen LogP contribution in [0.2, 0.25) is 0 Å². The van der Waals surface area contributed by atoms with Crippen molar-refractivity contribution in [2.45, 2.75) is 0 Å². The summed E-state index contributed by atoms with van der Waals surface area (Å²) >= 11 is 0. The summed E-state index contributed by atoms with van der Waals surface area (Å²) in [5.74, 6) is 0. The number of nitrogens with zero attached hydrogens (tertiary/aromatic N) is 2. The van der Waals surface area contributed by atoms with Gasteiger partial charge in [0.25, 0.3) is 0 Å². The topological polar surface area (TPSA) is 7.76 Å². The molecule has 70 valence electrons. The summed E-state index contributed by atoms with van der Waals surface area (Å²) in [5, 5.41) is 0. The zero-order chi connectivity index (χ0) is 9.97. The highest BCUT2D eigenvalue weighted by Crippen LogP contribution is 2.15. The van der Waals surface area contributed by atoms with Gasteiger partial charge in [-0.1, -0.05) is 0 Å². The Morgan fingerprint density at radius 1 is 0.643 bits per heavy atom. The minimum atomic E-state index is 0.460. The molecule has 0 aliphatic heterocycles. The lowest BCUT2D eigenvalue weighted by molar-refractivity contribution is -0.844. The fourth-order valence-electron chi connectivity index (χ4n) is 1.20. The largest absolute Gasteiger partial charge is 0.219 e. The van der Waals surface area contributed by atoms with Gasteiger partial charge in [0.05, 0.1) is 8.96 Å². The summed E-state index contributed by atoms with van der Waals surface area (Å²) in [7, 11) is 0. The van der Waals surface area contributed by atoms with Crippen molar-refractivity contribution < 1.29 is 18.5 Å². The molecule has 0 unspecified atom stereocenters. The molecule has 0 bridgehead atoms. The molecule has 0 saturated carbocycles. The molecule has 2 rings (SSSR count). The summed E-state index contributed by atoms with van der Waals surface area (Å²) < 4.78 is 25.0. The first-order valence-electron chi connectivity index (χ1n) is 4.11. The molecule has 0 aliphatic carbocycles. The molecule has 0 amide bonds. The van der Waals surface area contributed by atoms with Gasteiger partial charge in [0, 0.05) is 33.8 Å². The highest BCUT2D eigenvalue weighted by atomic mass is 19.2. The van der Waals surface area contributed by atoms with Crippen molar-refractivity contribution in [3.8, 4) is 11.1 Å². The Hall–Kier alpha value is -1.84. The molecule has 0 aliphatic rings. The third-order valence-electron chi connectivity index (χ3n) is 1.92. The third kappa shape index (κ3) is 1.74. The van der Waals surface area contributed by atoms with Gasteiger partial charge >= 0.3 is 0 Å². The van der Waals surface area contributed by atoms with Gasteiger partial charge in [0.15, 0.2) is 0 Å². The SMILES string of the molecule is F[n+]1ccc(-c2cc[n+](F)cc2)cc1. The average molecular weight is 194 g/mol. The van der Waals surface area contributed by atoms with Crippen LogP contribution in [-0.4, -0.2) is 0 Å². The minimum Gasteiger partial charge on any atom is -0.00578 e. The third-order valence-corrected chi connectivity index (χ3v) is 1.92. The van der Waals surface area contributed by atoms with Crippen LogP contribution in [0.15, 0.2) is 49.1 Å². The van der Waals surface area contributed by atoms with Crippen LogP contribution in [0.25, 0.3) is 11.1 Å². The van der Waals surface area contributed by atoms with Crippen molar-refractivity contribution >= 4 is 0 Å².